The molecular formula is C28H32Cl2N6Si. The molecule has 6 rings (SSSR count). The third kappa shape index (κ3) is 5.29. The van der Waals surface area contributed by atoms with Crippen molar-refractivity contribution in [3.63, 3.8) is 0 Å². The summed E-state index contributed by atoms with van der Waals surface area (Å²) >= 11 is 13.0. The van der Waals surface area contributed by atoms with Gasteiger partial charge in [-0.1, -0.05) is 97.7 Å². The summed E-state index contributed by atoms with van der Waals surface area (Å²) in [5.41, 5.74) is 12.3. The number of rotatable bonds is 7. The quantitative estimate of drug-likeness (QED) is 0.184. The number of nitrogens with one attached hydrogen (secondary N) is 3. The minimum atomic E-state index is -1.19. The van der Waals surface area contributed by atoms with Crippen molar-refractivity contribution in [2.45, 2.75) is 50.5 Å². The average Bonchev–Trinajstić information content (AvgIpc) is 3.30. The maximum atomic E-state index is 6.54. The predicted octanol–water partition coefficient (Wildman–Crippen LogP) is 7.13. The topological polar surface area (TPSA) is 95.4 Å². The molecule has 2 fully saturated rings. The van der Waals surface area contributed by atoms with Gasteiger partial charge in [-0.15, -0.1) is 0 Å². The lowest BCUT2D eigenvalue weighted by molar-refractivity contribution is 0.573. The summed E-state index contributed by atoms with van der Waals surface area (Å²) in [4.78, 5) is 16.0. The van der Waals surface area contributed by atoms with Crippen molar-refractivity contribution in [1.82, 2.24) is 25.3 Å². The first-order valence-corrected chi connectivity index (χ1v) is 17.1. The van der Waals surface area contributed by atoms with Gasteiger partial charge in [-0.05, 0) is 35.7 Å². The number of imidazole rings is 2. The van der Waals surface area contributed by atoms with Crippen LogP contribution in [0.2, 0.25) is 29.4 Å². The number of benzene rings is 2. The molecule has 1 saturated carbocycles. The minimum absolute atomic E-state index is 0.0980. The van der Waals surface area contributed by atoms with Crippen molar-refractivity contribution in [3.05, 3.63) is 70.5 Å². The zero-order chi connectivity index (χ0) is 25.7. The van der Waals surface area contributed by atoms with Crippen LogP contribution in [0.25, 0.3) is 33.6 Å². The van der Waals surface area contributed by atoms with Gasteiger partial charge in [0, 0.05) is 11.1 Å². The Morgan fingerprint density at radius 2 is 1.41 bits per heavy atom. The van der Waals surface area contributed by atoms with Crippen molar-refractivity contribution < 1.29 is 0 Å². The number of aromatic nitrogens is 4. The maximum absolute atomic E-state index is 6.54. The van der Waals surface area contributed by atoms with Crippen LogP contribution in [0.5, 0.6) is 0 Å². The number of nitrogens with two attached hydrogens (primary N) is 1. The molecule has 192 valence electrons. The molecule has 2 aromatic heterocycles. The molecule has 1 saturated heterocycles. The molecule has 0 spiro atoms. The molecule has 1 aliphatic carbocycles. The molecule has 5 N–H and O–H groups in total. The Bertz CT molecular complexity index is 1410. The number of aromatic amines is 2. The fourth-order valence-corrected chi connectivity index (χ4v) is 8.12. The van der Waals surface area contributed by atoms with Gasteiger partial charge in [0.1, 0.15) is 11.6 Å². The maximum Gasteiger partial charge on any atom is 0.155 e. The predicted molar refractivity (Wildman–Crippen MR) is 154 cm³/mol. The molecule has 0 radical (unpaired) electrons. The Morgan fingerprint density at radius 3 is 1.95 bits per heavy atom. The third-order valence-electron chi connectivity index (χ3n) is 7.59. The Balaban J connectivity index is 1.17. The van der Waals surface area contributed by atoms with Crippen LogP contribution in [0.1, 0.15) is 43.0 Å². The van der Waals surface area contributed by atoms with Crippen molar-refractivity contribution in [2.24, 2.45) is 11.7 Å². The number of hydrogen-bond acceptors (Lipinski definition) is 4. The Hall–Kier alpha value is -2.42. The van der Waals surface area contributed by atoms with Gasteiger partial charge in [-0.2, -0.15) is 0 Å². The Kier molecular flexibility index (Phi) is 6.53. The zero-order valence-electron chi connectivity index (χ0n) is 21.1. The normalized spacial score (nSPS) is 19.9. The summed E-state index contributed by atoms with van der Waals surface area (Å²) in [6, 6.07) is 18.1. The van der Waals surface area contributed by atoms with Crippen molar-refractivity contribution in [1.29, 1.82) is 0 Å². The van der Waals surface area contributed by atoms with Gasteiger partial charge in [0.2, 0.25) is 0 Å². The second-order valence-corrected chi connectivity index (χ2v) is 17.1. The smallest absolute Gasteiger partial charge is 0.155 e. The molecule has 37 heavy (non-hydrogen) atoms. The molecule has 2 atom stereocenters. The molecule has 2 aromatic carbocycles. The van der Waals surface area contributed by atoms with Crippen LogP contribution in [0.15, 0.2) is 48.5 Å². The summed E-state index contributed by atoms with van der Waals surface area (Å²) in [5.74, 6) is 2.44. The highest BCUT2D eigenvalue weighted by molar-refractivity contribution is 6.78. The van der Waals surface area contributed by atoms with Gasteiger partial charge in [0.25, 0.3) is 0 Å². The van der Waals surface area contributed by atoms with E-state index in [1.165, 1.54) is 18.9 Å². The highest BCUT2D eigenvalue weighted by Gasteiger charge is 2.35. The first-order valence-electron chi connectivity index (χ1n) is 13.0. The van der Waals surface area contributed by atoms with Crippen LogP contribution in [0, 0.1) is 5.92 Å². The van der Waals surface area contributed by atoms with Crippen LogP contribution in [0.4, 0.5) is 0 Å². The van der Waals surface area contributed by atoms with E-state index in [4.69, 9.17) is 28.9 Å². The number of halogens is 2. The van der Waals surface area contributed by atoms with E-state index in [1.807, 2.05) is 0 Å². The summed E-state index contributed by atoms with van der Waals surface area (Å²) in [5, 5.41) is 4.60. The lowest BCUT2D eigenvalue weighted by Crippen LogP contribution is -2.28. The van der Waals surface area contributed by atoms with Gasteiger partial charge in [0.05, 0.1) is 31.5 Å². The molecular weight excluding hydrogens is 519 g/mol. The fourth-order valence-electron chi connectivity index (χ4n) is 5.23. The highest BCUT2D eigenvalue weighted by atomic mass is 35.5. The number of H-pyrrole nitrogens is 2. The van der Waals surface area contributed by atoms with Gasteiger partial charge >= 0.3 is 0 Å². The fraction of sp³-hybridized carbons (Fsp3) is 0.357. The van der Waals surface area contributed by atoms with E-state index >= 15 is 0 Å². The van der Waals surface area contributed by atoms with Crippen LogP contribution in [-0.2, 0) is 0 Å². The lowest BCUT2D eigenvalue weighted by atomic mass is 10.0. The average molecular weight is 552 g/mol. The van der Waals surface area contributed by atoms with Crippen molar-refractivity contribution in [2.75, 3.05) is 6.17 Å². The van der Waals surface area contributed by atoms with E-state index in [1.54, 1.807) is 0 Å². The van der Waals surface area contributed by atoms with E-state index in [0.717, 1.165) is 63.8 Å². The summed E-state index contributed by atoms with van der Waals surface area (Å²) < 4.78 is 0. The van der Waals surface area contributed by atoms with E-state index < -0.39 is 8.07 Å². The third-order valence-corrected chi connectivity index (χ3v) is 10.8. The molecule has 2 aliphatic rings. The molecule has 3 heterocycles. The summed E-state index contributed by atoms with van der Waals surface area (Å²) in [6.07, 6.45) is 4.61. The van der Waals surface area contributed by atoms with Crippen LogP contribution in [-0.4, -0.2) is 34.2 Å². The van der Waals surface area contributed by atoms with E-state index in [2.05, 4.69) is 86.9 Å². The number of hydrogen-bond donors (Lipinski definition) is 4. The Labute approximate surface area is 228 Å². The van der Waals surface area contributed by atoms with Crippen LogP contribution in [0.3, 0.4) is 0 Å². The molecule has 0 unspecified atom stereocenters. The van der Waals surface area contributed by atoms with Gasteiger partial charge in [-0.25, -0.2) is 9.97 Å². The van der Waals surface area contributed by atoms with E-state index in [0.29, 0.717) is 10.3 Å². The van der Waals surface area contributed by atoms with E-state index in [9.17, 15) is 0 Å². The first-order chi connectivity index (χ1) is 17.8. The van der Waals surface area contributed by atoms with Gasteiger partial charge < -0.3 is 21.0 Å². The van der Waals surface area contributed by atoms with Crippen LogP contribution < -0.4 is 11.1 Å². The SMILES string of the molecule is C[Si]1(C)CN[C@H](c2nc(Cl)c(-c3ccc(-c4ccc(-c5[nH]c([C@@H](N)CC6CC6)nc5Cl)cc4)cc3)[nH]2)C1. The molecule has 0 amide bonds. The van der Waals surface area contributed by atoms with Gasteiger partial charge in [0.15, 0.2) is 10.3 Å². The monoisotopic (exact) mass is 550 g/mol. The standard InChI is InChI=1S/C28H32Cl2N6Si/c1-37(2)14-22(32-15-37)28-34-24(26(30)36-28)20-11-7-18(8-12-20)17-5-9-19(10-6-17)23-25(29)35-27(33-23)21(31)13-16-3-4-16/h5-12,16,21-22,32H,3-4,13-15,31H2,1-2H3,(H,33,35)(H,34,36)/t21-,22-/m0/s1. The first kappa shape index (κ1) is 24.9. The highest BCUT2D eigenvalue weighted by Crippen LogP contribution is 2.38. The molecule has 4 aromatic rings. The molecule has 6 nitrogen and oxygen atoms in total. The van der Waals surface area contributed by atoms with E-state index in [-0.39, 0.29) is 12.1 Å². The molecule has 0 bridgehead atoms. The van der Waals surface area contributed by atoms with Crippen molar-refractivity contribution in [3.8, 4) is 33.6 Å². The second-order valence-electron chi connectivity index (χ2n) is 11.3. The number of nitrogens with zero attached hydrogens (tertiary/aromatic N) is 2. The summed E-state index contributed by atoms with van der Waals surface area (Å²) in [7, 11) is -1.19. The zero-order valence-corrected chi connectivity index (χ0v) is 23.6. The molecule has 1 aliphatic heterocycles. The Morgan fingerprint density at radius 1 is 0.865 bits per heavy atom. The lowest BCUT2D eigenvalue weighted by Gasteiger charge is -2.11. The second kappa shape index (κ2) is 9.71. The van der Waals surface area contributed by atoms with Crippen molar-refractivity contribution >= 4 is 31.3 Å². The van der Waals surface area contributed by atoms with Crippen LogP contribution >= 0.6 is 23.2 Å². The minimum Gasteiger partial charge on any atom is -0.339 e. The molecule has 9 heteroatoms. The largest absolute Gasteiger partial charge is 0.339 e. The summed E-state index contributed by atoms with van der Waals surface area (Å²) in [6.45, 7) is 4.81. The van der Waals surface area contributed by atoms with Gasteiger partial charge in [-0.3, -0.25) is 0 Å².